The molecule has 0 spiro atoms. The Morgan fingerprint density at radius 3 is 2.52 bits per heavy atom. The van der Waals surface area contributed by atoms with Crippen molar-refractivity contribution in [1.82, 2.24) is 5.32 Å². The number of furan rings is 1. The van der Waals surface area contributed by atoms with Crippen molar-refractivity contribution in [2.75, 3.05) is 7.05 Å². The predicted octanol–water partition coefficient (Wildman–Crippen LogP) is 4.31. The second-order valence-electron chi connectivity index (χ2n) is 5.38. The minimum atomic E-state index is 0.784. The van der Waals surface area contributed by atoms with Gasteiger partial charge in [0.2, 0.25) is 0 Å². The molecule has 1 N–H and O–H groups in total. The molecule has 2 heteroatoms. The monoisotopic (exact) mass is 279 g/mol. The van der Waals surface area contributed by atoms with E-state index < -0.39 is 0 Å². The van der Waals surface area contributed by atoms with E-state index in [1.165, 1.54) is 22.1 Å². The molecule has 0 saturated carbocycles. The molecule has 0 aliphatic carbocycles. The van der Waals surface area contributed by atoms with E-state index in [-0.39, 0.29) is 0 Å². The van der Waals surface area contributed by atoms with Gasteiger partial charge in [-0.15, -0.1) is 0 Å². The summed E-state index contributed by atoms with van der Waals surface area (Å²) < 4.78 is 5.97. The van der Waals surface area contributed by atoms with E-state index in [1.54, 1.807) is 0 Å². The van der Waals surface area contributed by atoms with Gasteiger partial charge in [0.25, 0.3) is 0 Å². The van der Waals surface area contributed by atoms with Gasteiger partial charge in [-0.1, -0.05) is 43.3 Å². The SMILES string of the molecule is CCc1c(CNC)oc2ccc(Cc3ccccc3)cc12. The maximum atomic E-state index is 5.97. The van der Waals surface area contributed by atoms with Gasteiger partial charge >= 0.3 is 0 Å². The van der Waals surface area contributed by atoms with Crippen LogP contribution in [0.2, 0.25) is 0 Å². The Balaban J connectivity index is 1.99. The summed E-state index contributed by atoms with van der Waals surface area (Å²) >= 11 is 0. The van der Waals surface area contributed by atoms with Crippen molar-refractivity contribution in [2.24, 2.45) is 0 Å². The minimum absolute atomic E-state index is 0.784. The van der Waals surface area contributed by atoms with Gasteiger partial charge in [0.05, 0.1) is 6.54 Å². The summed E-state index contributed by atoms with van der Waals surface area (Å²) in [7, 11) is 1.95. The zero-order valence-electron chi connectivity index (χ0n) is 12.6. The van der Waals surface area contributed by atoms with E-state index in [9.17, 15) is 0 Å². The van der Waals surface area contributed by atoms with Crippen molar-refractivity contribution in [3.63, 3.8) is 0 Å². The van der Waals surface area contributed by atoms with Gasteiger partial charge in [-0.25, -0.2) is 0 Å². The van der Waals surface area contributed by atoms with Crippen LogP contribution in [0.15, 0.2) is 52.9 Å². The Hall–Kier alpha value is -2.06. The number of rotatable bonds is 5. The predicted molar refractivity (Wildman–Crippen MR) is 87.6 cm³/mol. The number of hydrogen-bond donors (Lipinski definition) is 1. The first kappa shape index (κ1) is 13.9. The van der Waals surface area contributed by atoms with E-state index in [0.29, 0.717) is 0 Å². The highest BCUT2D eigenvalue weighted by Gasteiger charge is 2.12. The van der Waals surface area contributed by atoms with Crippen LogP contribution in [0, 0.1) is 0 Å². The minimum Gasteiger partial charge on any atom is -0.459 e. The Labute approximate surface area is 125 Å². The third-order valence-corrected chi connectivity index (χ3v) is 3.88. The fraction of sp³-hybridized carbons (Fsp3) is 0.263. The van der Waals surface area contributed by atoms with Crippen molar-refractivity contribution in [3.8, 4) is 0 Å². The van der Waals surface area contributed by atoms with Gasteiger partial charge in [0.15, 0.2) is 0 Å². The maximum absolute atomic E-state index is 5.97. The fourth-order valence-electron chi connectivity index (χ4n) is 2.88. The topological polar surface area (TPSA) is 25.2 Å². The van der Waals surface area contributed by atoms with Crippen LogP contribution in [0.5, 0.6) is 0 Å². The van der Waals surface area contributed by atoms with Crippen molar-refractivity contribution < 1.29 is 4.42 Å². The normalized spacial score (nSPS) is 11.1. The maximum Gasteiger partial charge on any atom is 0.134 e. The van der Waals surface area contributed by atoms with Crippen LogP contribution in [0.1, 0.15) is 29.4 Å². The molecule has 3 aromatic rings. The molecule has 2 aromatic carbocycles. The molecule has 2 nitrogen and oxygen atoms in total. The average Bonchev–Trinajstić information content (AvgIpc) is 2.85. The molecule has 0 aliphatic heterocycles. The lowest BCUT2D eigenvalue weighted by molar-refractivity contribution is 0.524. The molecule has 0 radical (unpaired) electrons. The van der Waals surface area contributed by atoms with Crippen molar-refractivity contribution in [1.29, 1.82) is 0 Å². The molecular formula is C19H21NO. The third kappa shape index (κ3) is 2.86. The first-order valence-corrected chi connectivity index (χ1v) is 7.53. The summed E-state index contributed by atoms with van der Waals surface area (Å²) in [6.45, 7) is 2.97. The van der Waals surface area contributed by atoms with Gasteiger partial charge in [-0.3, -0.25) is 0 Å². The van der Waals surface area contributed by atoms with E-state index in [2.05, 4.69) is 60.8 Å². The summed E-state index contributed by atoms with van der Waals surface area (Å²) in [6.07, 6.45) is 1.96. The lowest BCUT2D eigenvalue weighted by atomic mass is 10.0. The molecule has 0 amide bonds. The fourth-order valence-corrected chi connectivity index (χ4v) is 2.88. The summed E-state index contributed by atoms with van der Waals surface area (Å²) in [5, 5.41) is 4.44. The first-order valence-electron chi connectivity index (χ1n) is 7.53. The summed E-state index contributed by atoms with van der Waals surface area (Å²) in [5.41, 5.74) is 5.00. The number of benzene rings is 2. The molecule has 0 saturated heterocycles. The Kier molecular flexibility index (Phi) is 4.07. The molecule has 1 aromatic heterocycles. The lowest BCUT2D eigenvalue weighted by Gasteiger charge is -2.03. The number of aryl methyl sites for hydroxylation is 1. The lowest BCUT2D eigenvalue weighted by Crippen LogP contribution is -2.05. The molecule has 108 valence electrons. The van der Waals surface area contributed by atoms with Crippen LogP contribution in [0.25, 0.3) is 11.0 Å². The highest BCUT2D eigenvalue weighted by Crippen LogP contribution is 2.28. The van der Waals surface area contributed by atoms with Crippen LogP contribution in [-0.4, -0.2) is 7.05 Å². The van der Waals surface area contributed by atoms with Gasteiger partial charge in [-0.2, -0.15) is 0 Å². The van der Waals surface area contributed by atoms with Gasteiger partial charge in [0.1, 0.15) is 11.3 Å². The van der Waals surface area contributed by atoms with Crippen LogP contribution in [0.4, 0.5) is 0 Å². The molecule has 0 unspecified atom stereocenters. The second-order valence-corrected chi connectivity index (χ2v) is 5.38. The van der Waals surface area contributed by atoms with Gasteiger partial charge in [-0.05, 0) is 43.1 Å². The second kappa shape index (κ2) is 6.15. The van der Waals surface area contributed by atoms with Gasteiger partial charge < -0.3 is 9.73 Å². The molecule has 3 rings (SSSR count). The van der Waals surface area contributed by atoms with Crippen molar-refractivity contribution in [3.05, 3.63) is 71.0 Å². The van der Waals surface area contributed by atoms with Crippen LogP contribution in [0.3, 0.4) is 0 Å². The Morgan fingerprint density at radius 2 is 1.81 bits per heavy atom. The van der Waals surface area contributed by atoms with Gasteiger partial charge in [0, 0.05) is 10.9 Å². The smallest absolute Gasteiger partial charge is 0.134 e. The Bertz CT molecular complexity index is 728. The summed E-state index contributed by atoms with van der Waals surface area (Å²) in [6, 6.07) is 17.1. The van der Waals surface area contributed by atoms with E-state index >= 15 is 0 Å². The average molecular weight is 279 g/mol. The largest absolute Gasteiger partial charge is 0.459 e. The van der Waals surface area contributed by atoms with E-state index in [4.69, 9.17) is 4.42 Å². The summed E-state index contributed by atoms with van der Waals surface area (Å²) in [4.78, 5) is 0. The highest BCUT2D eigenvalue weighted by molar-refractivity contribution is 5.83. The molecular weight excluding hydrogens is 258 g/mol. The first-order chi connectivity index (χ1) is 10.3. The van der Waals surface area contributed by atoms with Crippen molar-refractivity contribution >= 4 is 11.0 Å². The number of nitrogens with one attached hydrogen (secondary N) is 1. The highest BCUT2D eigenvalue weighted by atomic mass is 16.3. The van der Waals surface area contributed by atoms with E-state index in [0.717, 1.165) is 30.7 Å². The standard InChI is InChI=1S/C19H21NO/c1-3-16-17-12-15(11-14-7-5-4-6-8-14)9-10-18(17)21-19(16)13-20-2/h4-10,12,20H,3,11,13H2,1-2H3. The Morgan fingerprint density at radius 1 is 1.00 bits per heavy atom. The van der Waals surface area contributed by atoms with Crippen LogP contribution in [-0.2, 0) is 19.4 Å². The number of hydrogen-bond acceptors (Lipinski definition) is 2. The van der Waals surface area contributed by atoms with Crippen molar-refractivity contribution in [2.45, 2.75) is 26.3 Å². The zero-order chi connectivity index (χ0) is 14.7. The van der Waals surface area contributed by atoms with Crippen LogP contribution >= 0.6 is 0 Å². The molecule has 0 bridgehead atoms. The molecule has 21 heavy (non-hydrogen) atoms. The third-order valence-electron chi connectivity index (χ3n) is 3.88. The summed E-state index contributed by atoms with van der Waals surface area (Å²) in [5.74, 6) is 1.06. The molecule has 0 atom stereocenters. The number of fused-ring (bicyclic) bond motifs is 1. The molecule has 1 heterocycles. The zero-order valence-corrected chi connectivity index (χ0v) is 12.6. The quantitative estimate of drug-likeness (QED) is 0.753. The van der Waals surface area contributed by atoms with Crippen LogP contribution < -0.4 is 5.32 Å². The molecule has 0 aliphatic rings. The molecule has 0 fully saturated rings. The van der Waals surface area contributed by atoms with E-state index in [1.807, 2.05) is 7.05 Å².